The van der Waals surface area contributed by atoms with E-state index in [4.69, 9.17) is 47.3 Å². The monoisotopic (exact) mass is 790 g/mol. The summed E-state index contributed by atoms with van der Waals surface area (Å²) >= 11 is 11.8. The molecule has 4 rings (SSSR count). The third-order valence-corrected chi connectivity index (χ3v) is 9.34. The Labute approximate surface area is 329 Å². The van der Waals surface area contributed by atoms with Crippen LogP contribution < -0.4 is 9.47 Å². The molecule has 0 bridgehead atoms. The fourth-order valence-electron chi connectivity index (χ4n) is 5.83. The Morgan fingerprint density at radius 3 is 1.67 bits per heavy atom. The summed E-state index contributed by atoms with van der Waals surface area (Å²) < 4.78 is 22.3. The molecule has 0 radical (unpaired) electrons. The van der Waals surface area contributed by atoms with Gasteiger partial charge < -0.3 is 44.5 Å². The van der Waals surface area contributed by atoms with E-state index in [0.717, 1.165) is 12.8 Å². The predicted octanol–water partition coefficient (Wildman–Crippen LogP) is 7.36. The van der Waals surface area contributed by atoms with Crippen LogP contribution in [-0.2, 0) is 14.3 Å². The van der Waals surface area contributed by atoms with Gasteiger partial charge in [-0.3, -0.25) is 4.79 Å². The molecule has 2 heterocycles. The Kier molecular flexibility index (Phi) is 21.6. The maximum absolute atomic E-state index is 10.5. The zero-order valence-electron chi connectivity index (χ0n) is 30.9. The summed E-state index contributed by atoms with van der Waals surface area (Å²) in [6.45, 7) is 2.97. The summed E-state index contributed by atoms with van der Waals surface area (Å²) in [5.41, 5.74) is 0. The third kappa shape index (κ3) is 18.0. The molecule has 2 unspecified atom stereocenters. The van der Waals surface area contributed by atoms with Gasteiger partial charge in [-0.2, -0.15) is 0 Å². The molecule has 8 atom stereocenters. The highest BCUT2D eigenvalue weighted by Gasteiger charge is 2.34. The fourth-order valence-corrected chi connectivity index (χ4v) is 6.19. The maximum Gasteiger partial charge on any atom is 0.303 e. The molecule has 0 saturated carbocycles. The second kappa shape index (κ2) is 25.8. The van der Waals surface area contributed by atoms with Crippen LogP contribution in [-0.4, -0.2) is 94.6 Å². The van der Waals surface area contributed by atoms with Crippen molar-refractivity contribution in [2.75, 3.05) is 26.4 Å². The smallest absolute Gasteiger partial charge is 0.303 e. The van der Waals surface area contributed by atoms with Crippen molar-refractivity contribution in [3.8, 4) is 11.5 Å². The molecule has 0 aliphatic carbocycles. The average molecular weight is 792 g/mol. The Morgan fingerprint density at radius 1 is 0.778 bits per heavy atom. The molecule has 0 spiro atoms. The molecule has 2 aliphatic rings. The second-order valence-corrected chi connectivity index (χ2v) is 14.2. The summed E-state index contributed by atoms with van der Waals surface area (Å²) in [5, 5.41) is 50.2. The highest BCUT2D eigenvalue weighted by molar-refractivity contribution is 6.31. The van der Waals surface area contributed by atoms with Crippen LogP contribution in [0.15, 0.2) is 97.1 Å². The van der Waals surface area contributed by atoms with Gasteiger partial charge in [-0.1, -0.05) is 104 Å². The molecule has 54 heavy (non-hydrogen) atoms. The second-order valence-electron chi connectivity index (χ2n) is 13.3. The Hall–Kier alpha value is -3.19. The van der Waals surface area contributed by atoms with E-state index in [1.165, 1.54) is 12.8 Å². The van der Waals surface area contributed by atoms with Crippen LogP contribution in [0.25, 0.3) is 0 Å². The van der Waals surface area contributed by atoms with Crippen molar-refractivity contribution in [2.45, 2.75) is 94.9 Å². The standard InChI is InChI=1S/C21H27ClO6.C21H29ClO4/c22-15-6-5-7-17(12-15)27-13-16(23)10-11-20-18(19(24)14-28-20)8-3-1-2-4-9-21(25)26;1-2-3-4-5-6-10-19-20(24)15-26-21(19)12-11-17(23)14-25-18-9-7-8-16(22)13-18/h1,3,5-7,10-12,16,18-20,23-24H,2,4,8-9,13-14H2,(H,25,26);5-9,11-13,17,19-21,23-24H,2-4,10,14-15H2,1H3/b3-1-,11-10+;6-5-,12-11+/t16?,18-,19?,20+;17-,19+,20+,21-/m01/s1. The first-order valence-electron chi connectivity index (χ1n) is 18.7. The molecule has 12 heteroatoms. The van der Waals surface area contributed by atoms with Crippen LogP contribution >= 0.6 is 23.2 Å². The quantitative estimate of drug-likeness (QED) is 0.0640. The summed E-state index contributed by atoms with van der Waals surface area (Å²) in [7, 11) is 0. The van der Waals surface area contributed by atoms with Crippen molar-refractivity contribution in [3.63, 3.8) is 0 Å². The number of allylic oxidation sites excluding steroid dienone is 4. The van der Waals surface area contributed by atoms with Crippen LogP contribution in [0.1, 0.15) is 58.3 Å². The maximum atomic E-state index is 10.5. The molecule has 298 valence electrons. The molecule has 2 aliphatic heterocycles. The number of aliphatic carboxylic acids is 1. The first-order valence-corrected chi connectivity index (χ1v) is 19.4. The third-order valence-electron chi connectivity index (χ3n) is 8.87. The normalized spacial score (nSPS) is 24.0. The lowest BCUT2D eigenvalue weighted by molar-refractivity contribution is -0.137. The van der Waals surface area contributed by atoms with Crippen molar-refractivity contribution in [2.24, 2.45) is 11.8 Å². The molecular formula is C42H56Cl2O10. The number of hydrogen-bond donors (Lipinski definition) is 5. The van der Waals surface area contributed by atoms with Crippen LogP contribution in [0.3, 0.4) is 0 Å². The van der Waals surface area contributed by atoms with Gasteiger partial charge in [-0.05, 0) is 68.5 Å². The van der Waals surface area contributed by atoms with Gasteiger partial charge in [0.1, 0.15) is 36.9 Å². The van der Waals surface area contributed by atoms with E-state index in [-0.39, 0.29) is 50.3 Å². The van der Waals surface area contributed by atoms with E-state index in [0.29, 0.717) is 47.4 Å². The fraction of sp³-hybridized carbons (Fsp3) is 0.500. The predicted molar refractivity (Wildman–Crippen MR) is 211 cm³/mol. The van der Waals surface area contributed by atoms with Gasteiger partial charge in [0, 0.05) is 28.3 Å². The molecular weight excluding hydrogens is 735 g/mol. The van der Waals surface area contributed by atoms with Crippen LogP contribution in [0.4, 0.5) is 0 Å². The van der Waals surface area contributed by atoms with Gasteiger partial charge in [0.15, 0.2) is 0 Å². The number of aliphatic hydroxyl groups is 4. The lowest BCUT2D eigenvalue weighted by Gasteiger charge is -2.16. The largest absolute Gasteiger partial charge is 0.491 e. The molecule has 0 amide bonds. The number of rotatable bonds is 21. The Morgan fingerprint density at radius 2 is 1.24 bits per heavy atom. The number of aliphatic hydroxyl groups excluding tert-OH is 4. The summed E-state index contributed by atoms with van der Waals surface area (Å²) in [6, 6.07) is 14.0. The first-order chi connectivity index (χ1) is 26.0. The summed E-state index contributed by atoms with van der Waals surface area (Å²) in [6.07, 6.45) is 18.2. The Bertz CT molecular complexity index is 1480. The molecule has 10 nitrogen and oxygen atoms in total. The number of hydrogen-bond acceptors (Lipinski definition) is 9. The molecule has 0 aromatic heterocycles. The topological polar surface area (TPSA) is 155 Å². The number of benzene rings is 2. The minimum atomic E-state index is -0.812. The lowest BCUT2D eigenvalue weighted by Crippen LogP contribution is -2.23. The minimum Gasteiger partial charge on any atom is -0.491 e. The highest BCUT2D eigenvalue weighted by atomic mass is 35.5. The first kappa shape index (κ1) is 45.2. The van der Waals surface area contributed by atoms with E-state index in [9.17, 15) is 25.2 Å². The lowest BCUT2D eigenvalue weighted by atomic mass is 9.94. The highest BCUT2D eigenvalue weighted by Crippen LogP contribution is 2.28. The van der Waals surface area contributed by atoms with E-state index in [2.05, 4.69) is 19.1 Å². The molecule has 2 fully saturated rings. The SMILES string of the molecule is CCCC/C=C\C[C@H]1[C@@H](O)CO[C@@H]1/C=C/[C@@H](O)COc1cccc(Cl)c1.O=C(O)CCC/C=C\C[C@H]1C(O)CO[C@@H]1/C=C/C(O)COc1cccc(Cl)c1. The van der Waals surface area contributed by atoms with Gasteiger partial charge in [-0.25, -0.2) is 0 Å². The summed E-state index contributed by atoms with van der Waals surface area (Å²) in [5.74, 6) is 0.320. The van der Waals surface area contributed by atoms with Crippen molar-refractivity contribution in [1.29, 1.82) is 0 Å². The van der Waals surface area contributed by atoms with Crippen molar-refractivity contribution < 1.29 is 49.3 Å². The van der Waals surface area contributed by atoms with E-state index >= 15 is 0 Å². The van der Waals surface area contributed by atoms with Crippen molar-refractivity contribution in [3.05, 3.63) is 107 Å². The van der Waals surface area contributed by atoms with E-state index < -0.39 is 30.4 Å². The van der Waals surface area contributed by atoms with Crippen molar-refractivity contribution >= 4 is 29.2 Å². The number of unbranched alkanes of at least 4 members (excludes halogenated alkanes) is 3. The number of carboxylic acid groups (broad SMARTS) is 1. The zero-order chi connectivity index (χ0) is 39.1. The number of halogens is 2. The van der Waals surface area contributed by atoms with Gasteiger partial charge in [-0.15, -0.1) is 0 Å². The van der Waals surface area contributed by atoms with Crippen molar-refractivity contribution in [1.82, 2.24) is 0 Å². The van der Waals surface area contributed by atoms with Crippen LogP contribution in [0.2, 0.25) is 10.0 Å². The van der Waals surface area contributed by atoms with Gasteiger partial charge in [0.25, 0.3) is 0 Å². The van der Waals surface area contributed by atoms with E-state index in [1.54, 1.807) is 66.8 Å². The zero-order valence-corrected chi connectivity index (χ0v) is 32.4. The Balaban J connectivity index is 0.000000291. The van der Waals surface area contributed by atoms with Gasteiger partial charge >= 0.3 is 5.97 Å². The number of carboxylic acids is 1. The van der Waals surface area contributed by atoms with Gasteiger partial charge in [0.05, 0.1) is 37.6 Å². The van der Waals surface area contributed by atoms with Crippen LogP contribution in [0.5, 0.6) is 11.5 Å². The molecule has 5 N–H and O–H groups in total. The average Bonchev–Trinajstić information content (AvgIpc) is 3.69. The van der Waals surface area contributed by atoms with Crippen LogP contribution in [0, 0.1) is 11.8 Å². The molecule has 2 aromatic carbocycles. The summed E-state index contributed by atoms with van der Waals surface area (Å²) in [4.78, 5) is 10.5. The van der Waals surface area contributed by atoms with E-state index in [1.807, 2.05) is 18.2 Å². The molecule has 2 aromatic rings. The number of carbonyl (C=O) groups is 1. The molecule has 2 saturated heterocycles. The van der Waals surface area contributed by atoms with Gasteiger partial charge in [0.2, 0.25) is 0 Å². The number of ether oxygens (including phenoxy) is 4. The minimum absolute atomic E-state index is 0.0187.